The minimum atomic E-state index is -0.621. The van der Waals surface area contributed by atoms with Crippen LogP contribution in [0.4, 0.5) is 0 Å². The summed E-state index contributed by atoms with van der Waals surface area (Å²) in [6.07, 6.45) is 0. The second-order valence-electron chi connectivity index (χ2n) is 6.04. The summed E-state index contributed by atoms with van der Waals surface area (Å²) in [6, 6.07) is 10.3. The summed E-state index contributed by atoms with van der Waals surface area (Å²) < 4.78 is 4.66. The van der Waals surface area contributed by atoms with Crippen molar-refractivity contribution in [1.82, 2.24) is 23.1 Å². The number of aromatic nitrogens is 5. The predicted octanol–water partition coefficient (Wildman–Crippen LogP) is -0.580. The van der Waals surface area contributed by atoms with Gasteiger partial charge in [-0.2, -0.15) is 4.98 Å². The summed E-state index contributed by atoms with van der Waals surface area (Å²) in [5, 5.41) is 10.3. The van der Waals surface area contributed by atoms with E-state index in [0.717, 1.165) is 20.6 Å². The van der Waals surface area contributed by atoms with Crippen LogP contribution in [0, 0.1) is 0 Å². The number of fused-ring (bicyclic) bond motifs is 3. The van der Waals surface area contributed by atoms with E-state index in [2.05, 4.69) is 4.98 Å². The van der Waals surface area contributed by atoms with Crippen molar-refractivity contribution in [2.45, 2.75) is 6.54 Å². The van der Waals surface area contributed by atoms with E-state index in [-0.39, 0.29) is 58.9 Å². The zero-order valence-corrected chi connectivity index (χ0v) is 17.1. The fourth-order valence-electron chi connectivity index (χ4n) is 3.05. The summed E-state index contributed by atoms with van der Waals surface area (Å²) in [5.74, 6) is -0.185. The van der Waals surface area contributed by atoms with Crippen molar-refractivity contribution in [1.29, 1.82) is 0 Å². The van der Waals surface area contributed by atoms with Crippen LogP contribution in [-0.4, -0.2) is 57.7 Å². The number of aryl methyl sites for hydroxylation is 1. The number of hydrogen-bond acceptors (Lipinski definition) is 5. The zero-order chi connectivity index (χ0) is 18.6. The van der Waals surface area contributed by atoms with E-state index >= 15 is 0 Å². The molecule has 1 aromatic carbocycles. The molecule has 0 bridgehead atoms. The van der Waals surface area contributed by atoms with Gasteiger partial charge in [-0.25, -0.2) is 9.20 Å². The van der Waals surface area contributed by atoms with Crippen LogP contribution < -0.4 is 16.8 Å². The summed E-state index contributed by atoms with van der Waals surface area (Å²) in [6.45, 7) is 0.244. The van der Waals surface area contributed by atoms with E-state index in [1.807, 2.05) is 30.3 Å². The van der Waals surface area contributed by atoms with Gasteiger partial charge in [0.15, 0.2) is 17.0 Å². The molecule has 0 spiro atoms. The average molecular weight is 376 g/mol. The Labute approximate surface area is 174 Å². The molecule has 0 aliphatic heterocycles. The van der Waals surface area contributed by atoms with Crippen molar-refractivity contribution in [3.05, 3.63) is 73.2 Å². The van der Waals surface area contributed by atoms with Crippen molar-refractivity contribution in [3.8, 4) is 5.88 Å². The minimum Gasteiger partial charge on any atom is -0.494 e. The first-order chi connectivity index (χ1) is 12.4. The molecule has 133 valence electrons. The molecule has 0 amide bonds. The molecule has 0 saturated heterocycles. The van der Waals surface area contributed by atoms with Crippen LogP contribution in [0.5, 0.6) is 5.88 Å². The standard InChI is InChI=1S/C17H15N5O4.Na/c1-19-14-13(15(25)20(2)17(19)26)22-12(24)8-11(23)21(16(22)18-14)9-10-6-4-3-5-7-10;/h3-8,23H,9H2,1-2H3;. The average Bonchev–Trinajstić information content (AvgIpc) is 3.03. The molecule has 0 aliphatic carbocycles. The van der Waals surface area contributed by atoms with Crippen molar-refractivity contribution < 1.29 is 5.11 Å². The molecule has 1 radical (unpaired) electrons. The van der Waals surface area contributed by atoms with E-state index in [1.54, 1.807) is 0 Å². The number of rotatable bonds is 2. The Morgan fingerprint density at radius 2 is 1.70 bits per heavy atom. The molecule has 0 saturated carbocycles. The Balaban J connectivity index is 0.00000210. The van der Waals surface area contributed by atoms with Crippen molar-refractivity contribution in [2.75, 3.05) is 0 Å². The molecule has 0 aliphatic rings. The minimum absolute atomic E-state index is 0. The molecular weight excluding hydrogens is 361 g/mol. The molecule has 4 aromatic rings. The van der Waals surface area contributed by atoms with E-state index in [1.165, 1.54) is 23.2 Å². The Morgan fingerprint density at radius 1 is 1.04 bits per heavy atom. The van der Waals surface area contributed by atoms with Gasteiger partial charge in [-0.1, -0.05) is 30.3 Å². The van der Waals surface area contributed by atoms with E-state index in [9.17, 15) is 19.5 Å². The Kier molecular flexibility index (Phi) is 4.85. The second kappa shape index (κ2) is 6.84. The summed E-state index contributed by atoms with van der Waals surface area (Å²) in [7, 11) is 2.81. The fraction of sp³-hybridized carbons (Fsp3) is 0.176. The first-order valence-electron chi connectivity index (χ1n) is 7.85. The van der Waals surface area contributed by atoms with Crippen LogP contribution in [0.15, 0.2) is 50.8 Å². The maximum absolute atomic E-state index is 12.6. The van der Waals surface area contributed by atoms with E-state index in [4.69, 9.17) is 0 Å². The molecule has 3 heterocycles. The smallest absolute Gasteiger partial charge is 0.332 e. The Morgan fingerprint density at radius 3 is 2.37 bits per heavy atom. The quantitative estimate of drug-likeness (QED) is 0.472. The molecule has 9 nitrogen and oxygen atoms in total. The largest absolute Gasteiger partial charge is 0.494 e. The molecule has 0 unspecified atom stereocenters. The fourth-order valence-corrected chi connectivity index (χ4v) is 3.05. The maximum atomic E-state index is 12.6. The molecule has 4 rings (SSSR count). The van der Waals surface area contributed by atoms with E-state index < -0.39 is 16.8 Å². The molecule has 27 heavy (non-hydrogen) atoms. The third-order valence-corrected chi connectivity index (χ3v) is 4.41. The summed E-state index contributed by atoms with van der Waals surface area (Å²) in [5.41, 5.74) is -0.803. The van der Waals surface area contributed by atoms with Crippen LogP contribution in [0.1, 0.15) is 5.56 Å². The first-order valence-corrected chi connectivity index (χ1v) is 7.85. The van der Waals surface area contributed by atoms with Crippen LogP contribution in [-0.2, 0) is 20.6 Å². The third kappa shape index (κ3) is 2.84. The number of aromatic hydroxyl groups is 1. The van der Waals surface area contributed by atoms with Crippen molar-refractivity contribution in [3.63, 3.8) is 0 Å². The normalized spacial score (nSPS) is 11.0. The molecule has 0 fully saturated rings. The van der Waals surface area contributed by atoms with Gasteiger partial charge in [0.2, 0.25) is 5.78 Å². The first kappa shape index (κ1) is 19.2. The number of nitrogens with zero attached hydrogens (tertiary/aromatic N) is 5. The van der Waals surface area contributed by atoms with Gasteiger partial charge in [0.1, 0.15) is 0 Å². The summed E-state index contributed by atoms with van der Waals surface area (Å²) in [4.78, 5) is 41.5. The summed E-state index contributed by atoms with van der Waals surface area (Å²) >= 11 is 0. The second-order valence-corrected chi connectivity index (χ2v) is 6.04. The van der Waals surface area contributed by atoms with Crippen LogP contribution in [0.3, 0.4) is 0 Å². The van der Waals surface area contributed by atoms with Gasteiger partial charge in [0.05, 0.1) is 12.6 Å². The maximum Gasteiger partial charge on any atom is 0.332 e. The third-order valence-electron chi connectivity index (χ3n) is 4.41. The Bertz CT molecular complexity index is 1350. The zero-order valence-electron chi connectivity index (χ0n) is 15.1. The predicted molar refractivity (Wildman–Crippen MR) is 100 cm³/mol. The van der Waals surface area contributed by atoms with E-state index in [0.29, 0.717) is 0 Å². The van der Waals surface area contributed by atoms with Crippen LogP contribution in [0.25, 0.3) is 16.9 Å². The molecule has 0 atom stereocenters. The topological polar surface area (TPSA) is 104 Å². The molecule has 3 aromatic heterocycles. The molecule has 10 heteroatoms. The van der Waals surface area contributed by atoms with Gasteiger partial charge >= 0.3 is 5.69 Å². The van der Waals surface area contributed by atoms with Gasteiger partial charge in [0, 0.05) is 43.7 Å². The van der Waals surface area contributed by atoms with Gasteiger partial charge in [-0.3, -0.25) is 23.3 Å². The van der Waals surface area contributed by atoms with Gasteiger partial charge in [0.25, 0.3) is 11.1 Å². The Hall–Kier alpha value is -2.62. The SMILES string of the molecule is Cn1c(=O)c2c(nc3n(Cc4ccccc4)c(O)cc(=O)n23)n(C)c1=O.[Na]. The van der Waals surface area contributed by atoms with Gasteiger partial charge < -0.3 is 5.11 Å². The van der Waals surface area contributed by atoms with Crippen LogP contribution >= 0.6 is 0 Å². The van der Waals surface area contributed by atoms with Gasteiger partial charge in [-0.05, 0) is 5.56 Å². The number of imidazole rings is 1. The number of hydrogen-bond donors (Lipinski definition) is 1. The monoisotopic (exact) mass is 376 g/mol. The van der Waals surface area contributed by atoms with Gasteiger partial charge in [-0.15, -0.1) is 0 Å². The van der Waals surface area contributed by atoms with Crippen LogP contribution in [0.2, 0.25) is 0 Å². The number of benzene rings is 1. The van der Waals surface area contributed by atoms with Crippen molar-refractivity contribution in [2.24, 2.45) is 14.1 Å². The molecular formula is C17H15N5NaO4. The van der Waals surface area contributed by atoms with Crippen molar-refractivity contribution >= 4 is 46.5 Å². The molecule has 1 N–H and O–H groups in total.